The second kappa shape index (κ2) is 11.0. The Hall–Kier alpha value is -3.57. The van der Waals surface area contributed by atoms with E-state index in [0.717, 1.165) is 5.56 Å². The Morgan fingerprint density at radius 3 is 2.32 bits per heavy atom. The molecule has 0 aliphatic heterocycles. The third-order valence-corrected chi connectivity index (χ3v) is 6.64. The predicted molar refractivity (Wildman–Crippen MR) is 126 cm³/mol. The van der Waals surface area contributed by atoms with Gasteiger partial charge in [0.1, 0.15) is 17.6 Å². The van der Waals surface area contributed by atoms with Crippen LogP contribution in [0.5, 0.6) is 17.2 Å². The number of nitrogens with one attached hydrogen (secondary N) is 2. The number of carbonyl (C=O) groups excluding carboxylic acids is 1. The zero-order valence-electron chi connectivity index (χ0n) is 19.4. The SMILES string of the molecule is COc1ccc(C(NC(=O)CCNS(=O)(=O)c2ccc(OC)c(OC)c2)c2nccn2C)cc1. The molecule has 3 aromatic rings. The summed E-state index contributed by atoms with van der Waals surface area (Å²) in [5, 5.41) is 2.94. The zero-order valence-corrected chi connectivity index (χ0v) is 20.3. The van der Waals surface area contributed by atoms with Gasteiger partial charge in [0, 0.05) is 38.5 Å². The average molecular weight is 489 g/mol. The molecule has 2 aromatic carbocycles. The van der Waals surface area contributed by atoms with Gasteiger partial charge in [-0.2, -0.15) is 0 Å². The van der Waals surface area contributed by atoms with Gasteiger partial charge >= 0.3 is 0 Å². The fraction of sp³-hybridized carbons (Fsp3) is 0.304. The van der Waals surface area contributed by atoms with Crippen LogP contribution in [-0.2, 0) is 21.9 Å². The number of hydrogen-bond acceptors (Lipinski definition) is 7. The quantitative estimate of drug-likeness (QED) is 0.424. The number of imidazole rings is 1. The minimum Gasteiger partial charge on any atom is -0.497 e. The van der Waals surface area contributed by atoms with Gasteiger partial charge in [-0.1, -0.05) is 12.1 Å². The summed E-state index contributed by atoms with van der Waals surface area (Å²) in [6.45, 7) is -0.0849. The lowest BCUT2D eigenvalue weighted by molar-refractivity contribution is -0.121. The first kappa shape index (κ1) is 25.1. The Bertz CT molecular complexity index is 1220. The fourth-order valence-corrected chi connectivity index (χ4v) is 4.39. The third kappa shape index (κ3) is 5.86. The van der Waals surface area contributed by atoms with Crippen molar-refractivity contribution in [1.29, 1.82) is 0 Å². The normalized spacial score (nSPS) is 12.1. The van der Waals surface area contributed by atoms with Crippen LogP contribution >= 0.6 is 0 Å². The molecule has 1 atom stereocenters. The van der Waals surface area contributed by atoms with Crippen LogP contribution in [-0.4, -0.2) is 51.8 Å². The third-order valence-electron chi connectivity index (χ3n) is 5.18. The summed E-state index contributed by atoms with van der Waals surface area (Å²) >= 11 is 0. The average Bonchev–Trinajstić information content (AvgIpc) is 3.27. The maximum atomic E-state index is 12.7. The number of benzene rings is 2. The Kier molecular flexibility index (Phi) is 8.13. The number of methoxy groups -OCH3 is 3. The highest BCUT2D eigenvalue weighted by atomic mass is 32.2. The number of sulfonamides is 1. The first-order chi connectivity index (χ1) is 16.3. The van der Waals surface area contributed by atoms with Gasteiger partial charge < -0.3 is 24.1 Å². The van der Waals surface area contributed by atoms with E-state index in [-0.39, 0.29) is 23.8 Å². The molecule has 1 amide bonds. The summed E-state index contributed by atoms with van der Waals surface area (Å²) < 4.78 is 45.1. The highest BCUT2D eigenvalue weighted by molar-refractivity contribution is 7.89. The molecule has 0 saturated carbocycles. The van der Waals surface area contributed by atoms with Crippen LogP contribution in [0.25, 0.3) is 0 Å². The summed E-state index contributed by atoms with van der Waals surface area (Å²) in [5.41, 5.74) is 0.814. The maximum Gasteiger partial charge on any atom is 0.240 e. The highest BCUT2D eigenvalue weighted by Gasteiger charge is 2.22. The summed E-state index contributed by atoms with van der Waals surface area (Å²) in [5.74, 6) is 1.71. The zero-order chi connectivity index (χ0) is 24.7. The molecule has 34 heavy (non-hydrogen) atoms. The Balaban J connectivity index is 1.67. The molecule has 10 nitrogen and oxygen atoms in total. The lowest BCUT2D eigenvalue weighted by Crippen LogP contribution is -2.34. The number of amides is 1. The number of ether oxygens (including phenoxy) is 3. The van der Waals surface area contributed by atoms with Crippen molar-refractivity contribution in [2.75, 3.05) is 27.9 Å². The van der Waals surface area contributed by atoms with E-state index in [1.165, 1.54) is 32.4 Å². The molecule has 0 aliphatic rings. The highest BCUT2D eigenvalue weighted by Crippen LogP contribution is 2.29. The molecule has 1 aromatic heterocycles. The molecule has 0 spiro atoms. The largest absolute Gasteiger partial charge is 0.497 e. The first-order valence-electron chi connectivity index (χ1n) is 10.4. The smallest absolute Gasteiger partial charge is 0.240 e. The second-order valence-electron chi connectivity index (χ2n) is 7.33. The number of carbonyl (C=O) groups is 1. The molecule has 3 rings (SSSR count). The van der Waals surface area contributed by atoms with Crippen LogP contribution in [0.15, 0.2) is 59.8 Å². The fourth-order valence-electron chi connectivity index (χ4n) is 3.35. The van der Waals surface area contributed by atoms with E-state index in [2.05, 4.69) is 15.0 Å². The van der Waals surface area contributed by atoms with Gasteiger partial charge in [-0.15, -0.1) is 0 Å². The van der Waals surface area contributed by atoms with Crippen molar-refractivity contribution in [2.24, 2.45) is 7.05 Å². The van der Waals surface area contributed by atoms with Crippen LogP contribution in [0, 0.1) is 0 Å². The lowest BCUT2D eigenvalue weighted by Gasteiger charge is -2.19. The van der Waals surface area contributed by atoms with Crippen LogP contribution < -0.4 is 24.2 Å². The molecule has 182 valence electrons. The van der Waals surface area contributed by atoms with E-state index in [1.54, 1.807) is 31.6 Å². The van der Waals surface area contributed by atoms with Crippen LogP contribution in [0.4, 0.5) is 0 Å². The first-order valence-corrected chi connectivity index (χ1v) is 11.9. The minimum atomic E-state index is -3.85. The summed E-state index contributed by atoms with van der Waals surface area (Å²) in [6.07, 6.45) is 3.37. The molecule has 0 saturated heterocycles. The van der Waals surface area contributed by atoms with Crippen molar-refractivity contribution < 1.29 is 27.4 Å². The van der Waals surface area contributed by atoms with Crippen LogP contribution in [0.3, 0.4) is 0 Å². The molecule has 11 heteroatoms. The van der Waals surface area contributed by atoms with Crippen molar-refractivity contribution in [3.63, 3.8) is 0 Å². The molecular formula is C23H28N4O6S. The molecule has 0 aliphatic carbocycles. The molecule has 1 heterocycles. The molecule has 0 bridgehead atoms. The second-order valence-corrected chi connectivity index (χ2v) is 9.10. The summed E-state index contributed by atoms with van der Waals surface area (Å²) in [7, 11) is 2.46. The van der Waals surface area contributed by atoms with E-state index in [0.29, 0.717) is 23.1 Å². The van der Waals surface area contributed by atoms with Crippen molar-refractivity contribution in [3.8, 4) is 17.2 Å². The van der Waals surface area contributed by atoms with Gasteiger partial charge in [-0.05, 0) is 29.8 Å². The van der Waals surface area contributed by atoms with Crippen molar-refractivity contribution in [3.05, 3.63) is 66.2 Å². The lowest BCUT2D eigenvalue weighted by atomic mass is 10.1. The van der Waals surface area contributed by atoms with E-state index in [1.807, 2.05) is 23.7 Å². The minimum absolute atomic E-state index is 0.00896. The number of rotatable bonds is 11. The van der Waals surface area contributed by atoms with Crippen LogP contribution in [0.1, 0.15) is 23.9 Å². The standard InChI is InChI=1S/C23H28N4O6S/c1-27-14-13-24-23(27)22(16-5-7-17(31-2)8-6-16)26-21(28)11-12-25-34(29,30)18-9-10-19(32-3)20(15-18)33-4/h5-10,13-15,22,25H,11-12H2,1-4H3,(H,26,28). The topological polar surface area (TPSA) is 121 Å². The Labute approximate surface area is 198 Å². The van der Waals surface area contributed by atoms with Crippen molar-refractivity contribution in [1.82, 2.24) is 19.6 Å². The van der Waals surface area contributed by atoms with Crippen molar-refractivity contribution >= 4 is 15.9 Å². The molecular weight excluding hydrogens is 460 g/mol. The van der Waals surface area contributed by atoms with Gasteiger partial charge in [0.05, 0.1) is 26.2 Å². The maximum absolute atomic E-state index is 12.7. The number of aryl methyl sites for hydroxylation is 1. The molecule has 1 unspecified atom stereocenters. The monoisotopic (exact) mass is 488 g/mol. The number of hydrogen-bond donors (Lipinski definition) is 2. The molecule has 0 radical (unpaired) electrons. The Morgan fingerprint density at radius 2 is 1.74 bits per heavy atom. The molecule has 0 fully saturated rings. The Morgan fingerprint density at radius 1 is 1.03 bits per heavy atom. The van der Waals surface area contributed by atoms with Gasteiger partial charge in [0.15, 0.2) is 11.5 Å². The van der Waals surface area contributed by atoms with E-state index < -0.39 is 16.1 Å². The van der Waals surface area contributed by atoms with E-state index in [4.69, 9.17) is 14.2 Å². The van der Waals surface area contributed by atoms with Gasteiger partial charge in [-0.25, -0.2) is 18.1 Å². The summed E-state index contributed by atoms with van der Waals surface area (Å²) in [6, 6.07) is 11.1. The van der Waals surface area contributed by atoms with E-state index >= 15 is 0 Å². The number of nitrogens with zero attached hydrogens (tertiary/aromatic N) is 2. The predicted octanol–water partition coefficient (Wildman–Crippen LogP) is 2.02. The van der Waals surface area contributed by atoms with Crippen LogP contribution in [0.2, 0.25) is 0 Å². The molecule has 2 N–H and O–H groups in total. The van der Waals surface area contributed by atoms with Gasteiger partial charge in [0.25, 0.3) is 0 Å². The summed E-state index contributed by atoms with van der Waals surface area (Å²) in [4.78, 5) is 17.1. The van der Waals surface area contributed by atoms with Gasteiger partial charge in [-0.3, -0.25) is 4.79 Å². The van der Waals surface area contributed by atoms with Gasteiger partial charge in [0.2, 0.25) is 15.9 Å². The van der Waals surface area contributed by atoms with E-state index in [9.17, 15) is 13.2 Å². The number of aromatic nitrogens is 2. The van der Waals surface area contributed by atoms with Crippen molar-refractivity contribution in [2.45, 2.75) is 17.4 Å².